The molecule has 0 bridgehead atoms. The summed E-state index contributed by atoms with van der Waals surface area (Å²) < 4.78 is 0. The molecule has 2 rings (SSSR count). The molecule has 8 N–H and O–H groups in total. The van der Waals surface area contributed by atoms with Crippen LogP contribution >= 0.6 is 0 Å². The number of hydrogen-bond acceptors (Lipinski definition) is 6. The van der Waals surface area contributed by atoms with E-state index in [0.717, 1.165) is 11.1 Å². The van der Waals surface area contributed by atoms with E-state index in [1.807, 2.05) is 88.4 Å². The molecular formula is C35H51N7O4. The fraction of sp³-hybridized carbons (Fsp3) is 0.457. The van der Waals surface area contributed by atoms with Crippen molar-refractivity contribution in [1.82, 2.24) is 15.5 Å². The molecule has 0 fully saturated rings. The number of carbonyl (C=O) groups is 4. The maximum Gasteiger partial charge on any atom is 0.252 e. The van der Waals surface area contributed by atoms with Crippen molar-refractivity contribution in [2.45, 2.75) is 77.9 Å². The van der Waals surface area contributed by atoms with Crippen molar-refractivity contribution in [3.8, 4) is 0 Å². The second-order valence-electron chi connectivity index (χ2n) is 12.1. The van der Waals surface area contributed by atoms with Crippen LogP contribution in [0.25, 0.3) is 6.08 Å². The molecule has 0 unspecified atom stereocenters. The van der Waals surface area contributed by atoms with E-state index >= 15 is 0 Å². The highest BCUT2D eigenvalue weighted by Gasteiger charge is 2.37. The molecular weight excluding hydrogens is 582 g/mol. The van der Waals surface area contributed by atoms with Crippen LogP contribution in [-0.2, 0) is 25.6 Å². The van der Waals surface area contributed by atoms with Crippen molar-refractivity contribution < 1.29 is 19.2 Å². The summed E-state index contributed by atoms with van der Waals surface area (Å²) in [7, 11) is 0. The standard InChI is InChI=1S/C35H51N7O4/c1-24(2)22-29(41-33(45)28(36)16-11-21-39-35(37)38)34(46)42(32(44)20-18-27-14-9-6-10-15-27)30(25(3)4)23-40-31(43)19-17-26-12-7-5-8-13-26/h5-10,12-15,17,19,24-25,28-30H,11,16,18,20-23,36H2,1-4H3,(H,40,43)(H,41,45)(H4,37,38,39)/b19-17+/t28-,29-,30+/m0/s1. The van der Waals surface area contributed by atoms with Crippen LogP contribution in [-0.4, -0.2) is 65.7 Å². The van der Waals surface area contributed by atoms with Crippen molar-refractivity contribution in [3.63, 3.8) is 0 Å². The van der Waals surface area contributed by atoms with E-state index in [-0.39, 0.29) is 42.6 Å². The molecule has 0 heterocycles. The lowest BCUT2D eigenvalue weighted by molar-refractivity contribution is -0.152. The highest BCUT2D eigenvalue weighted by atomic mass is 16.2. The van der Waals surface area contributed by atoms with Crippen LogP contribution in [0.2, 0.25) is 0 Å². The summed E-state index contributed by atoms with van der Waals surface area (Å²) in [6.07, 6.45) is 4.71. The van der Waals surface area contributed by atoms with Gasteiger partial charge in [-0.2, -0.15) is 0 Å². The number of amides is 4. The zero-order chi connectivity index (χ0) is 34.1. The molecule has 0 saturated heterocycles. The molecule has 0 aromatic heterocycles. The number of aliphatic imine (C=N–C) groups is 1. The fourth-order valence-electron chi connectivity index (χ4n) is 4.90. The molecule has 3 atom stereocenters. The minimum Gasteiger partial charge on any atom is -0.370 e. The second-order valence-corrected chi connectivity index (χ2v) is 12.1. The molecule has 2 aromatic rings. The van der Waals surface area contributed by atoms with Crippen molar-refractivity contribution in [1.29, 1.82) is 0 Å². The second kappa shape index (κ2) is 19.8. The van der Waals surface area contributed by atoms with Gasteiger partial charge in [-0.3, -0.25) is 29.1 Å². The van der Waals surface area contributed by atoms with Crippen molar-refractivity contribution in [2.24, 2.45) is 34.0 Å². The Morgan fingerprint density at radius 2 is 1.57 bits per heavy atom. The van der Waals surface area contributed by atoms with Gasteiger partial charge in [0, 0.05) is 25.6 Å². The maximum atomic E-state index is 14.3. The molecule has 11 nitrogen and oxygen atoms in total. The van der Waals surface area contributed by atoms with Gasteiger partial charge >= 0.3 is 0 Å². The number of carbonyl (C=O) groups excluding carboxylic acids is 4. The minimum atomic E-state index is -0.994. The SMILES string of the molecule is CC(C)C[C@H](NC(=O)[C@@H](N)CCCN=C(N)N)C(=O)N(C(=O)CCc1ccccc1)[C@H](CNC(=O)/C=C/c1ccccc1)C(C)C. The summed E-state index contributed by atoms with van der Waals surface area (Å²) in [5, 5.41) is 5.68. The smallest absolute Gasteiger partial charge is 0.252 e. The number of nitrogens with zero attached hydrogens (tertiary/aromatic N) is 2. The molecule has 0 aliphatic rings. The third-order valence-electron chi connectivity index (χ3n) is 7.42. The first-order valence-electron chi connectivity index (χ1n) is 15.9. The van der Waals surface area contributed by atoms with E-state index in [2.05, 4.69) is 15.6 Å². The fourth-order valence-corrected chi connectivity index (χ4v) is 4.90. The molecule has 0 spiro atoms. The van der Waals surface area contributed by atoms with Crippen LogP contribution in [0.4, 0.5) is 0 Å². The van der Waals surface area contributed by atoms with Crippen molar-refractivity contribution in [2.75, 3.05) is 13.1 Å². The maximum absolute atomic E-state index is 14.3. The van der Waals surface area contributed by atoms with Gasteiger partial charge in [-0.15, -0.1) is 0 Å². The Morgan fingerprint density at radius 1 is 0.935 bits per heavy atom. The lowest BCUT2D eigenvalue weighted by Crippen LogP contribution is -2.59. The molecule has 250 valence electrons. The molecule has 0 saturated carbocycles. The lowest BCUT2D eigenvalue weighted by atomic mass is 9.96. The third-order valence-corrected chi connectivity index (χ3v) is 7.42. The molecule has 4 amide bonds. The number of nitrogens with two attached hydrogens (primary N) is 3. The molecule has 0 aliphatic carbocycles. The highest BCUT2D eigenvalue weighted by Crippen LogP contribution is 2.18. The van der Waals surface area contributed by atoms with Crippen LogP contribution < -0.4 is 27.8 Å². The summed E-state index contributed by atoms with van der Waals surface area (Å²) in [6.45, 7) is 8.02. The number of benzene rings is 2. The summed E-state index contributed by atoms with van der Waals surface area (Å²) in [6, 6.07) is 16.4. The van der Waals surface area contributed by atoms with E-state index in [1.165, 1.54) is 11.0 Å². The van der Waals surface area contributed by atoms with E-state index in [1.54, 1.807) is 6.08 Å². The van der Waals surface area contributed by atoms with Crippen LogP contribution in [0.5, 0.6) is 0 Å². The van der Waals surface area contributed by atoms with Gasteiger partial charge in [0.2, 0.25) is 17.7 Å². The molecule has 2 aromatic carbocycles. The molecule has 0 aliphatic heterocycles. The Balaban J connectivity index is 2.30. The topological polar surface area (TPSA) is 186 Å². The van der Waals surface area contributed by atoms with E-state index in [9.17, 15) is 19.2 Å². The predicted octanol–water partition coefficient (Wildman–Crippen LogP) is 2.74. The van der Waals surface area contributed by atoms with Gasteiger partial charge in [0.1, 0.15) is 6.04 Å². The van der Waals surface area contributed by atoms with Crippen LogP contribution in [0.3, 0.4) is 0 Å². The van der Waals surface area contributed by atoms with Gasteiger partial charge in [-0.05, 0) is 54.7 Å². The zero-order valence-electron chi connectivity index (χ0n) is 27.5. The van der Waals surface area contributed by atoms with Gasteiger partial charge in [0.15, 0.2) is 5.96 Å². The van der Waals surface area contributed by atoms with Crippen LogP contribution in [0.15, 0.2) is 71.7 Å². The van der Waals surface area contributed by atoms with E-state index in [0.29, 0.717) is 32.2 Å². The average Bonchev–Trinajstić information content (AvgIpc) is 3.02. The number of aryl methyl sites for hydroxylation is 1. The summed E-state index contributed by atoms with van der Waals surface area (Å²) in [4.78, 5) is 59.3. The lowest BCUT2D eigenvalue weighted by Gasteiger charge is -2.36. The average molecular weight is 634 g/mol. The van der Waals surface area contributed by atoms with Gasteiger partial charge in [-0.25, -0.2) is 0 Å². The number of imide groups is 1. The zero-order valence-corrected chi connectivity index (χ0v) is 27.5. The van der Waals surface area contributed by atoms with Gasteiger partial charge in [0.05, 0.1) is 12.1 Å². The van der Waals surface area contributed by atoms with Crippen molar-refractivity contribution >= 4 is 35.7 Å². The number of guanidine groups is 1. The normalized spacial score (nSPS) is 13.2. The summed E-state index contributed by atoms with van der Waals surface area (Å²) in [5.41, 5.74) is 18.7. The van der Waals surface area contributed by atoms with Gasteiger partial charge in [0.25, 0.3) is 5.91 Å². The molecule has 46 heavy (non-hydrogen) atoms. The Hall–Kier alpha value is -4.51. The Bertz CT molecular complexity index is 1310. The Morgan fingerprint density at radius 3 is 2.15 bits per heavy atom. The van der Waals surface area contributed by atoms with Crippen LogP contribution in [0, 0.1) is 11.8 Å². The summed E-state index contributed by atoms with van der Waals surface area (Å²) >= 11 is 0. The number of nitrogens with one attached hydrogen (secondary N) is 2. The van der Waals surface area contributed by atoms with Crippen molar-refractivity contribution in [3.05, 3.63) is 77.9 Å². The van der Waals surface area contributed by atoms with Gasteiger partial charge in [-0.1, -0.05) is 88.4 Å². The monoisotopic (exact) mass is 633 g/mol. The van der Waals surface area contributed by atoms with E-state index < -0.39 is 29.9 Å². The quantitative estimate of drug-likeness (QED) is 0.0723. The molecule has 11 heteroatoms. The van der Waals surface area contributed by atoms with Crippen LogP contribution in [0.1, 0.15) is 64.5 Å². The van der Waals surface area contributed by atoms with Gasteiger partial charge < -0.3 is 27.8 Å². The highest BCUT2D eigenvalue weighted by molar-refractivity contribution is 6.00. The number of rotatable bonds is 18. The Labute approximate surface area is 273 Å². The Kier molecular flexibility index (Phi) is 16.2. The minimum absolute atomic E-state index is 0.0222. The molecule has 0 radical (unpaired) electrons. The predicted molar refractivity (Wildman–Crippen MR) is 183 cm³/mol. The largest absolute Gasteiger partial charge is 0.370 e. The first-order valence-corrected chi connectivity index (χ1v) is 15.9. The summed E-state index contributed by atoms with van der Waals surface area (Å²) in [5.74, 6) is -1.98. The first-order chi connectivity index (χ1) is 21.9. The van der Waals surface area contributed by atoms with E-state index in [4.69, 9.17) is 17.2 Å². The first kappa shape index (κ1) is 37.7. The number of hydrogen-bond donors (Lipinski definition) is 5. The third kappa shape index (κ3) is 13.6.